The average Bonchev–Trinajstić information content (AvgIpc) is 3.06. The highest BCUT2D eigenvalue weighted by Crippen LogP contribution is 2.53. The standard InChI is InChI=1S/C25H33F3N2O3/c1-23(2,3)33-22(32)29-20-9-11-24(14-20,18-5-4-6-18)21(31)30-12-10-16-7-8-19(25(26,27)28)13-17(16)15-30/h7-8,13,18,20H,4-6,9-12,14-15H2,1-3H3,(H,29,32)/t20-,24+/m1/s1. The number of rotatable bonds is 3. The number of fused-ring (bicyclic) bond motifs is 1. The van der Waals surface area contributed by atoms with E-state index >= 15 is 0 Å². The van der Waals surface area contributed by atoms with Gasteiger partial charge >= 0.3 is 12.3 Å². The Morgan fingerprint density at radius 1 is 1.12 bits per heavy atom. The number of nitrogens with zero attached hydrogens (tertiary/aromatic N) is 1. The van der Waals surface area contributed by atoms with Gasteiger partial charge in [-0.2, -0.15) is 13.2 Å². The molecule has 0 bridgehead atoms. The molecule has 2 saturated carbocycles. The van der Waals surface area contributed by atoms with Crippen LogP contribution in [0.3, 0.4) is 0 Å². The van der Waals surface area contributed by atoms with Gasteiger partial charge in [0.15, 0.2) is 0 Å². The van der Waals surface area contributed by atoms with E-state index in [0.29, 0.717) is 37.8 Å². The van der Waals surface area contributed by atoms with Crippen molar-refractivity contribution in [1.29, 1.82) is 0 Å². The number of alkyl carbamates (subject to hydrolysis) is 1. The van der Waals surface area contributed by atoms with E-state index in [2.05, 4.69) is 5.32 Å². The van der Waals surface area contributed by atoms with Crippen LogP contribution in [0.4, 0.5) is 18.0 Å². The molecule has 182 valence electrons. The number of hydrogen-bond donors (Lipinski definition) is 1. The number of amides is 2. The molecule has 0 saturated heterocycles. The van der Waals surface area contributed by atoms with Gasteiger partial charge in [-0.3, -0.25) is 4.79 Å². The van der Waals surface area contributed by atoms with Crippen LogP contribution in [0.2, 0.25) is 0 Å². The van der Waals surface area contributed by atoms with Gasteiger partial charge in [-0.25, -0.2) is 4.79 Å². The summed E-state index contributed by atoms with van der Waals surface area (Å²) in [5.41, 5.74) is -0.376. The van der Waals surface area contributed by atoms with E-state index in [1.54, 1.807) is 4.90 Å². The quantitative estimate of drug-likeness (QED) is 0.644. The van der Waals surface area contributed by atoms with Crippen LogP contribution in [0.25, 0.3) is 0 Å². The van der Waals surface area contributed by atoms with Crippen molar-refractivity contribution in [1.82, 2.24) is 10.2 Å². The molecule has 1 aliphatic heterocycles. The SMILES string of the molecule is CC(C)(C)OC(=O)N[C@@H]1CC[C@@](C(=O)N2CCc3ccc(C(F)(F)F)cc3C2)(C2CCC2)C1. The highest BCUT2D eigenvalue weighted by Gasteiger charge is 2.54. The third-order valence-corrected chi connectivity index (χ3v) is 7.42. The lowest BCUT2D eigenvalue weighted by Crippen LogP contribution is -2.51. The molecule has 0 unspecified atom stereocenters. The maximum Gasteiger partial charge on any atom is 0.416 e. The van der Waals surface area contributed by atoms with Gasteiger partial charge in [0.1, 0.15) is 5.60 Å². The van der Waals surface area contributed by atoms with Gasteiger partial charge in [0.05, 0.1) is 11.0 Å². The fraction of sp³-hybridized carbons (Fsp3) is 0.680. The number of carbonyl (C=O) groups is 2. The van der Waals surface area contributed by atoms with Crippen LogP contribution >= 0.6 is 0 Å². The van der Waals surface area contributed by atoms with Gasteiger partial charge in [-0.1, -0.05) is 12.5 Å². The Balaban J connectivity index is 1.50. The first-order chi connectivity index (χ1) is 15.4. The van der Waals surface area contributed by atoms with Crippen molar-refractivity contribution in [3.63, 3.8) is 0 Å². The molecule has 4 rings (SSSR count). The van der Waals surface area contributed by atoms with Crippen LogP contribution in [-0.2, 0) is 28.7 Å². The summed E-state index contributed by atoms with van der Waals surface area (Å²) in [6, 6.07) is 3.71. The molecule has 1 N–H and O–H groups in total. The molecule has 33 heavy (non-hydrogen) atoms. The highest BCUT2D eigenvalue weighted by atomic mass is 19.4. The summed E-state index contributed by atoms with van der Waals surface area (Å²) in [4.78, 5) is 27.9. The summed E-state index contributed by atoms with van der Waals surface area (Å²) in [5, 5.41) is 2.93. The third-order valence-electron chi connectivity index (χ3n) is 7.42. The van der Waals surface area contributed by atoms with E-state index in [4.69, 9.17) is 4.74 Å². The smallest absolute Gasteiger partial charge is 0.416 e. The Bertz CT molecular complexity index is 920. The van der Waals surface area contributed by atoms with Crippen LogP contribution in [0, 0.1) is 11.3 Å². The summed E-state index contributed by atoms with van der Waals surface area (Å²) >= 11 is 0. The summed E-state index contributed by atoms with van der Waals surface area (Å²) in [5.74, 6) is 0.294. The number of ether oxygens (including phenoxy) is 1. The second-order valence-electron chi connectivity index (χ2n) is 10.8. The zero-order valence-corrected chi connectivity index (χ0v) is 19.6. The number of carbonyl (C=O) groups excluding carboxylic acids is 2. The number of nitrogens with one attached hydrogen (secondary N) is 1. The topological polar surface area (TPSA) is 58.6 Å². The lowest BCUT2D eigenvalue weighted by Gasteiger charge is -2.45. The third kappa shape index (κ3) is 4.99. The molecule has 3 aliphatic rings. The molecule has 2 fully saturated rings. The Morgan fingerprint density at radius 3 is 2.45 bits per heavy atom. The van der Waals surface area contributed by atoms with Crippen LogP contribution in [0.15, 0.2) is 18.2 Å². The van der Waals surface area contributed by atoms with Crippen molar-refractivity contribution < 1.29 is 27.5 Å². The molecular formula is C25H33F3N2O3. The number of halogens is 3. The monoisotopic (exact) mass is 466 g/mol. The summed E-state index contributed by atoms with van der Waals surface area (Å²) < 4.78 is 45.0. The zero-order chi connectivity index (χ0) is 24.0. The van der Waals surface area contributed by atoms with E-state index in [-0.39, 0.29) is 24.4 Å². The van der Waals surface area contributed by atoms with Crippen LogP contribution in [0.5, 0.6) is 0 Å². The first-order valence-electron chi connectivity index (χ1n) is 11.9. The molecule has 0 aromatic heterocycles. The summed E-state index contributed by atoms with van der Waals surface area (Å²) in [7, 11) is 0. The minimum Gasteiger partial charge on any atom is -0.444 e. The van der Waals surface area contributed by atoms with E-state index in [1.807, 2.05) is 20.8 Å². The molecule has 5 nitrogen and oxygen atoms in total. The summed E-state index contributed by atoms with van der Waals surface area (Å²) in [6.07, 6.45) is 0.660. The lowest BCUT2D eigenvalue weighted by atomic mass is 9.63. The van der Waals surface area contributed by atoms with Crippen molar-refractivity contribution in [3.8, 4) is 0 Å². The molecule has 2 atom stereocenters. The number of benzene rings is 1. The van der Waals surface area contributed by atoms with Gasteiger partial charge in [0.25, 0.3) is 0 Å². The van der Waals surface area contributed by atoms with Crippen LogP contribution < -0.4 is 5.32 Å². The summed E-state index contributed by atoms with van der Waals surface area (Å²) in [6.45, 7) is 6.14. The molecule has 8 heteroatoms. The molecular weight excluding hydrogens is 433 g/mol. The first kappa shape index (κ1) is 23.9. The second-order valence-corrected chi connectivity index (χ2v) is 10.8. The predicted molar refractivity (Wildman–Crippen MR) is 117 cm³/mol. The van der Waals surface area contributed by atoms with Crippen LogP contribution in [0.1, 0.15) is 76.0 Å². The van der Waals surface area contributed by atoms with Crippen molar-refractivity contribution in [2.24, 2.45) is 11.3 Å². The van der Waals surface area contributed by atoms with Gasteiger partial charge in [0.2, 0.25) is 5.91 Å². The Labute approximate surface area is 193 Å². The van der Waals surface area contributed by atoms with Gasteiger partial charge in [-0.15, -0.1) is 0 Å². The average molecular weight is 467 g/mol. The van der Waals surface area contributed by atoms with Crippen molar-refractivity contribution >= 4 is 12.0 Å². The van der Waals surface area contributed by atoms with Gasteiger partial charge in [-0.05, 0) is 88.5 Å². The van der Waals surface area contributed by atoms with Crippen molar-refractivity contribution in [2.45, 2.75) is 90.1 Å². The molecule has 1 aromatic carbocycles. The molecule has 0 radical (unpaired) electrons. The van der Waals surface area contributed by atoms with Crippen molar-refractivity contribution in [3.05, 3.63) is 34.9 Å². The minimum atomic E-state index is -4.40. The molecule has 1 heterocycles. The van der Waals surface area contributed by atoms with Crippen LogP contribution in [-0.4, -0.2) is 35.1 Å². The Hall–Kier alpha value is -2.25. The Kier molecular flexibility index (Phi) is 6.16. The Morgan fingerprint density at radius 2 is 1.85 bits per heavy atom. The molecule has 1 aromatic rings. The van der Waals surface area contributed by atoms with Crippen molar-refractivity contribution in [2.75, 3.05) is 6.54 Å². The zero-order valence-electron chi connectivity index (χ0n) is 19.6. The second kappa shape index (κ2) is 8.51. The lowest BCUT2D eigenvalue weighted by molar-refractivity contribution is -0.149. The largest absolute Gasteiger partial charge is 0.444 e. The normalized spacial score (nSPS) is 25.9. The highest BCUT2D eigenvalue weighted by molar-refractivity contribution is 5.84. The molecule has 0 spiro atoms. The number of hydrogen-bond acceptors (Lipinski definition) is 3. The fourth-order valence-corrected chi connectivity index (χ4v) is 5.60. The maximum atomic E-state index is 13.9. The van der Waals surface area contributed by atoms with Gasteiger partial charge < -0.3 is 15.0 Å². The number of alkyl halides is 3. The van der Waals surface area contributed by atoms with E-state index in [1.165, 1.54) is 12.1 Å². The first-order valence-corrected chi connectivity index (χ1v) is 11.9. The molecule has 2 amide bonds. The predicted octanol–water partition coefficient (Wildman–Crippen LogP) is 5.45. The van der Waals surface area contributed by atoms with E-state index in [9.17, 15) is 22.8 Å². The molecule has 2 aliphatic carbocycles. The van der Waals surface area contributed by atoms with E-state index < -0.39 is 28.8 Å². The fourth-order valence-electron chi connectivity index (χ4n) is 5.60. The van der Waals surface area contributed by atoms with E-state index in [0.717, 1.165) is 30.9 Å². The van der Waals surface area contributed by atoms with Gasteiger partial charge in [0, 0.05) is 19.1 Å². The maximum absolute atomic E-state index is 13.9. The minimum absolute atomic E-state index is 0.0313.